The van der Waals surface area contributed by atoms with Crippen LogP contribution in [0.1, 0.15) is 21.5 Å². The molecule has 0 fully saturated rings. The fourth-order valence-electron chi connectivity index (χ4n) is 2.91. The van der Waals surface area contributed by atoms with Crippen molar-refractivity contribution in [2.45, 2.75) is 19.1 Å². The van der Waals surface area contributed by atoms with Gasteiger partial charge in [-0.2, -0.15) is 0 Å². The van der Waals surface area contributed by atoms with Crippen LogP contribution in [0.2, 0.25) is 0 Å². The highest BCUT2D eigenvalue weighted by Crippen LogP contribution is 2.20. The zero-order valence-corrected chi connectivity index (χ0v) is 16.4. The van der Waals surface area contributed by atoms with Crippen molar-refractivity contribution in [1.82, 2.24) is 9.97 Å². The maximum atomic E-state index is 12.1. The van der Waals surface area contributed by atoms with Crippen LogP contribution in [0.3, 0.4) is 0 Å². The summed E-state index contributed by atoms with van der Waals surface area (Å²) in [5, 5.41) is 0.951. The highest BCUT2D eigenvalue weighted by molar-refractivity contribution is 5.89. The number of pyridine rings is 1. The minimum Gasteiger partial charge on any atom is -0.460 e. The van der Waals surface area contributed by atoms with Crippen molar-refractivity contribution < 1.29 is 14.3 Å². The van der Waals surface area contributed by atoms with E-state index in [1.165, 1.54) is 0 Å². The Balaban J connectivity index is 0.000000367. The number of hydrogen-bond acceptors (Lipinski definition) is 5. The summed E-state index contributed by atoms with van der Waals surface area (Å²) in [6, 6.07) is 19.8. The Hall–Kier alpha value is -3.77. The number of carbonyl (C=O) groups excluding carboxylic acids is 2. The lowest BCUT2D eigenvalue weighted by atomic mass is 10.0. The average Bonchev–Trinajstić information content (AvgIpc) is 3.21. The number of benzene rings is 2. The Morgan fingerprint density at radius 1 is 1.07 bits per heavy atom. The number of aromatic nitrogens is 2. The van der Waals surface area contributed by atoms with Crippen LogP contribution in [-0.2, 0) is 22.6 Å². The Labute approximate surface area is 174 Å². The molecule has 3 N–H and O–H groups in total. The molecule has 30 heavy (non-hydrogen) atoms. The van der Waals surface area contributed by atoms with Gasteiger partial charge in [0.05, 0.1) is 0 Å². The Morgan fingerprint density at radius 2 is 1.80 bits per heavy atom. The highest BCUT2D eigenvalue weighted by atomic mass is 16.5. The molecule has 4 aromatic rings. The lowest BCUT2D eigenvalue weighted by molar-refractivity contribution is -0.146. The SMILES string of the molecule is NC(Cc1c[nH]c2cc(C=O)ccc12)C(=O)OCc1ccccc1.c1ccncc1. The number of ether oxygens (including phenoxy) is 1. The molecule has 2 aromatic carbocycles. The van der Waals surface area contributed by atoms with Gasteiger partial charge in [0.1, 0.15) is 18.9 Å². The van der Waals surface area contributed by atoms with Crippen LogP contribution < -0.4 is 5.73 Å². The highest BCUT2D eigenvalue weighted by Gasteiger charge is 2.18. The predicted octanol–water partition coefficient (Wildman–Crippen LogP) is 3.68. The van der Waals surface area contributed by atoms with Gasteiger partial charge in [0.15, 0.2) is 0 Å². The van der Waals surface area contributed by atoms with Gasteiger partial charge in [0, 0.05) is 41.5 Å². The summed E-state index contributed by atoms with van der Waals surface area (Å²) in [6.45, 7) is 0.212. The van der Waals surface area contributed by atoms with Gasteiger partial charge in [-0.1, -0.05) is 48.5 Å². The lowest BCUT2D eigenvalue weighted by Crippen LogP contribution is -2.34. The van der Waals surface area contributed by atoms with E-state index in [-0.39, 0.29) is 6.61 Å². The largest absolute Gasteiger partial charge is 0.460 e. The van der Waals surface area contributed by atoms with Crippen LogP contribution in [0.4, 0.5) is 0 Å². The molecule has 0 saturated carbocycles. The van der Waals surface area contributed by atoms with Gasteiger partial charge in [0.25, 0.3) is 0 Å². The number of nitrogens with one attached hydrogen (secondary N) is 1. The molecule has 0 bridgehead atoms. The molecule has 6 heteroatoms. The summed E-state index contributed by atoms with van der Waals surface area (Å²) in [6.07, 6.45) is 6.48. The van der Waals surface area contributed by atoms with Crippen molar-refractivity contribution in [2.24, 2.45) is 5.73 Å². The van der Waals surface area contributed by atoms with Gasteiger partial charge in [-0.3, -0.25) is 14.6 Å². The zero-order valence-electron chi connectivity index (χ0n) is 16.4. The molecule has 4 rings (SSSR count). The van der Waals surface area contributed by atoms with Gasteiger partial charge in [0.2, 0.25) is 0 Å². The fraction of sp³-hybridized carbons (Fsp3) is 0.125. The van der Waals surface area contributed by atoms with Crippen molar-refractivity contribution in [1.29, 1.82) is 0 Å². The lowest BCUT2D eigenvalue weighted by Gasteiger charge is -2.11. The van der Waals surface area contributed by atoms with Crippen LogP contribution in [0, 0.1) is 0 Å². The van der Waals surface area contributed by atoms with Gasteiger partial charge in [-0.15, -0.1) is 0 Å². The van der Waals surface area contributed by atoms with Crippen LogP contribution >= 0.6 is 0 Å². The van der Waals surface area contributed by atoms with E-state index in [9.17, 15) is 9.59 Å². The first-order chi connectivity index (χ1) is 14.7. The molecular formula is C24H23N3O3. The molecule has 1 atom stereocenters. The minimum atomic E-state index is -0.738. The number of aromatic amines is 1. The summed E-state index contributed by atoms with van der Waals surface area (Å²) in [5.74, 6) is -0.433. The molecule has 0 aliphatic rings. The molecule has 0 saturated heterocycles. The molecule has 0 spiro atoms. The summed E-state index contributed by atoms with van der Waals surface area (Å²) in [5.41, 5.74) is 9.27. The summed E-state index contributed by atoms with van der Waals surface area (Å²) >= 11 is 0. The van der Waals surface area contributed by atoms with E-state index in [2.05, 4.69) is 9.97 Å². The van der Waals surface area contributed by atoms with E-state index >= 15 is 0 Å². The molecule has 1 unspecified atom stereocenters. The molecule has 0 aliphatic carbocycles. The van der Waals surface area contributed by atoms with Gasteiger partial charge in [-0.05, 0) is 29.3 Å². The molecule has 2 heterocycles. The quantitative estimate of drug-likeness (QED) is 0.379. The third kappa shape index (κ3) is 5.86. The van der Waals surface area contributed by atoms with Crippen molar-refractivity contribution in [3.05, 3.63) is 102 Å². The van der Waals surface area contributed by atoms with E-state index in [4.69, 9.17) is 10.5 Å². The molecular weight excluding hydrogens is 378 g/mol. The normalized spacial score (nSPS) is 11.2. The van der Waals surface area contributed by atoms with Gasteiger partial charge in [-0.25, -0.2) is 0 Å². The summed E-state index contributed by atoms with van der Waals surface area (Å²) in [7, 11) is 0. The number of carbonyl (C=O) groups is 2. The van der Waals surface area contributed by atoms with Gasteiger partial charge < -0.3 is 15.5 Å². The molecule has 0 aliphatic heterocycles. The second-order valence-corrected chi connectivity index (χ2v) is 6.67. The number of hydrogen-bond donors (Lipinski definition) is 2. The van der Waals surface area contributed by atoms with Crippen molar-refractivity contribution in [2.75, 3.05) is 0 Å². The van der Waals surface area contributed by atoms with Crippen LogP contribution in [0.15, 0.2) is 85.3 Å². The maximum absolute atomic E-state index is 12.1. The number of rotatable bonds is 6. The Bertz CT molecular complexity index is 1050. The average molecular weight is 401 g/mol. The van der Waals surface area contributed by atoms with E-state index in [0.29, 0.717) is 12.0 Å². The Kier molecular flexibility index (Phi) is 7.46. The number of aldehydes is 1. The predicted molar refractivity (Wildman–Crippen MR) is 116 cm³/mol. The first-order valence-electron chi connectivity index (χ1n) is 9.53. The molecule has 2 aromatic heterocycles. The van der Waals surface area contributed by atoms with Crippen LogP contribution in [-0.4, -0.2) is 28.3 Å². The Morgan fingerprint density at radius 3 is 2.43 bits per heavy atom. The number of esters is 1. The van der Waals surface area contributed by atoms with Crippen LogP contribution in [0.5, 0.6) is 0 Å². The number of fused-ring (bicyclic) bond motifs is 1. The summed E-state index contributed by atoms with van der Waals surface area (Å²) in [4.78, 5) is 29.8. The number of H-pyrrole nitrogens is 1. The second kappa shape index (κ2) is 10.7. The first-order valence-corrected chi connectivity index (χ1v) is 9.53. The number of nitrogens with two attached hydrogens (primary N) is 1. The van der Waals surface area contributed by atoms with Gasteiger partial charge >= 0.3 is 5.97 Å². The summed E-state index contributed by atoms with van der Waals surface area (Å²) < 4.78 is 5.27. The third-order valence-corrected chi connectivity index (χ3v) is 4.46. The molecule has 0 amide bonds. The fourth-order valence-corrected chi connectivity index (χ4v) is 2.91. The molecule has 152 valence electrons. The maximum Gasteiger partial charge on any atom is 0.323 e. The van der Waals surface area contributed by atoms with E-state index < -0.39 is 12.0 Å². The zero-order chi connectivity index (χ0) is 21.2. The van der Waals surface area contributed by atoms with Crippen LogP contribution in [0.25, 0.3) is 10.9 Å². The third-order valence-electron chi connectivity index (χ3n) is 4.46. The molecule has 6 nitrogen and oxygen atoms in total. The van der Waals surface area contributed by atoms with E-state index in [1.54, 1.807) is 24.5 Å². The molecule has 0 radical (unpaired) electrons. The first kappa shape index (κ1) is 21.0. The van der Waals surface area contributed by atoms with Crippen molar-refractivity contribution in [3.8, 4) is 0 Å². The topological polar surface area (TPSA) is 98.1 Å². The van der Waals surface area contributed by atoms with E-state index in [1.807, 2.05) is 60.8 Å². The smallest absolute Gasteiger partial charge is 0.323 e. The standard InChI is InChI=1S/C19H18N2O3.C5H5N/c20-17(19(23)24-12-13-4-2-1-3-5-13)9-15-10-21-18-8-14(11-22)6-7-16(15)18;1-2-4-6-5-3-1/h1-8,10-11,17,21H,9,12,20H2;1-5H. The monoisotopic (exact) mass is 401 g/mol. The van der Waals surface area contributed by atoms with Crippen molar-refractivity contribution in [3.63, 3.8) is 0 Å². The second-order valence-electron chi connectivity index (χ2n) is 6.67. The minimum absolute atomic E-state index is 0.212. The number of nitrogens with zero attached hydrogens (tertiary/aromatic N) is 1. The van der Waals surface area contributed by atoms with E-state index in [0.717, 1.165) is 28.3 Å². The van der Waals surface area contributed by atoms with Crippen molar-refractivity contribution >= 4 is 23.2 Å².